The Labute approximate surface area is 180 Å². The standard InChI is InChI=1S/C22H27FN4O4/c1-16-9-10-24-19(13-16)26-20(28)7-8-22(30)27(11-12-31-2)15-21(29)25-14-17-3-5-18(23)6-4-17/h3-6,9-10,13H,7-8,11-12,14-15H2,1-2H3,(H,25,29)(H,24,26,28). The lowest BCUT2D eigenvalue weighted by molar-refractivity contribution is -0.137. The summed E-state index contributed by atoms with van der Waals surface area (Å²) in [6, 6.07) is 9.32. The first kappa shape index (κ1) is 23.9. The molecule has 2 rings (SSSR count). The Balaban J connectivity index is 1.83. The average molecular weight is 430 g/mol. The number of anilines is 1. The second-order valence-corrected chi connectivity index (χ2v) is 6.98. The largest absolute Gasteiger partial charge is 0.383 e. The normalized spacial score (nSPS) is 10.4. The fraction of sp³-hybridized carbons (Fsp3) is 0.364. The minimum Gasteiger partial charge on any atom is -0.383 e. The third-order valence-corrected chi connectivity index (χ3v) is 4.40. The van der Waals surface area contributed by atoms with E-state index in [-0.39, 0.29) is 62.6 Å². The minimum atomic E-state index is -0.359. The molecule has 0 aliphatic rings. The molecular weight excluding hydrogens is 403 g/mol. The van der Waals surface area contributed by atoms with Crippen molar-refractivity contribution in [3.05, 3.63) is 59.5 Å². The molecule has 2 aromatic rings. The molecule has 1 aromatic carbocycles. The van der Waals surface area contributed by atoms with Crippen molar-refractivity contribution in [2.24, 2.45) is 0 Å². The van der Waals surface area contributed by atoms with Crippen LogP contribution >= 0.6 is 0 Å². The first-order valence-electron chi connectivity index (χ1n) is 9.87. The molecule has 0 saturated carbocycles. The Bertz CT molecular complexity index is 889. The molecule has 0 aliphatic heterocycles. The molecule has 0 spiro atoms. The first-order chi connectivity index (χ1) is 14.9. The third-order valence-electron chi connectivity index (χ3n) is 4.40. The fourth-order valence-corrected chi connectivity index (χ4v) is 2.71. The number of rotatable bonds is 11. The summed E-state index contributed by atoms with van der Waals surface area (Å²) in [7, 11) is 1.50. The van der Waals surface area contributed by atoms with Crippen molar-refractivity contribution >= 4 is 23.5 Å². The lowest BCUT2D eigenvalue weighted by Gasteiger charge is -2.22. The highest BCUT2D eigenvalue weighted by atomic mass is 19.1. The van der Waals surface area contributed by atoms with Gasteiger partial charge in [0.05, 0.1) is 13.2 Å². The van der Waals surface area contributed by atoms with E-state index in [1.807, 2.05) is 13.0 Å². The zero-order chi connectivity index (χ0) is 22.6. The van der Waals surface area contributed by atoms with Gasteiger partial charge in [0.15, 0.2) is 0 Å². The van der Waals surface area contributed by atoms with E-state index in [2.05, 4.69) is 15.6 Å². The predicted octanol–water partition coefficient (Wildman–Crippen LogP) is 2.04. The highest BCUT2D eigenvalue weighted by Gasteiger charge is 2.18. The number of carbonyl (C=O) groups excluding carboxylic acids is 3. The number of hydrogen-bond acceptors (Lipinski definition) is 5. The highest BCUT2D eigenvalue weighted by Crippen LogP contribution is 2.07. The van der Waals surface area contributed by atoms with Crippen LogP contribution in [-0.4, -0.2) is 54.4 Å². The zero-order valence-corrected chi connectivity index (χ0v) is 17.7. The monoisotopic (exact) mass is 430 g/mol. The summed E-state index contributed by atoms with van der Waals surface area (Å²) in [5, 5.41) is 5.35. The number of amides is 3. The number of nitrogens with zero attached hydrogens (tertiary/aromatic N) is 2. The molecular formula is C22H27FN4O4. The first-order valence-corrected chi connectivity index (χ1v) is 9.87. The van der Waals surface area contributed by atoms with E-state index in [1.165, 1.54) is 24.1 Å². The molecule has 31 heavy (non-hydrogen) atoms. The van der Waals surface area contributed by atoms with Crippen molar-refractivity contribution < 1.29 is 23.5 Å². The molecule has 0 bridgehead atoms. The van der Waals surface area contributed by atoms with E-state index in [9.17, 15) is 18.8 Å². The van der Waals surface area contributed by atoms with E-state index in [0.717, 1.165) is 11.1 Å². The maximum Gasteiger partial charge on any atom is 0.239 e. The number of aryl methyl sites for hydroxylation is 1. The Morgan fingerprint density at radius 3 is 2.52 bits per heavy atom. The van der Waals surface area contributed by atoms with Crippen molar-refractivity contribution in [3.63, 3.8) is 0 Å². The van der Waals surface area contributed by atoms with Crippen LogP contribution in [0.5, 0.6) is 0 Å². The van der Waals surface area contributed by atoms with Crippen LogP contribution in [0.2, 0.25) is 0 Å². The van der Waals surface area contributed by atoms with Gasteiger partial charge < -0.3 is 20.3 Å². The molecule has 0 saturated heterocycles. The molecule has 0 unspecified atom stereocenters. The van der Waals surface area contributed by atoms with Crippen molar-refractivity contribution in [1.29, 1.82) is 0 Å². The number of aromatic nitrogens is 1. The van der Waals surface area contributed by atoms with Crippen LogP contribution < -0.4 is 10.6 Å². The second kappa shape index (κ2) is 12.4. The quantitative estimate of drug-likeness (QED) is 0.568. The van der Waals surface area contributed by atoms with Crippen molar-refractivity contribution in [3.8, 4) is 0 Å². The van der Waals surface area contributed by atoms with E-state index in [4.69, 9.17) is 4.74 Å². The summed E-state index contributed by atoms with van der Waals surface area (Å²) in [5.74, 6) is -0.954. The number of pyridine rings is 1. The molecule has 1 heterocycles. The Hall–Kier alpha value is -3.33. The maximum absolute atomic E-state index is 13.0. The molecule has 8 nitrogen and oxygen atoms in total. The van der Waals surface area contributed by atoms with Gasteiger partial charge in [-0.15, -0.1) is 0 Å². The molecule has 3 amide bonds. The van der Waals surface area contributed by atoms with Gasteiger partial charge in [0.2, 0.25) is 17.7 Å². The van der Waals surface area contributed by atoms with Crippen LogP contribution in [0.1, 0.15) is 24.0 Å². The summed E-state index contributed by atoms with van der Waals surface area (Å²) in [6.45, 7) is 2.42. The summed E-state index contributed by atoms with van der Waals surface area (Å²) >= 11 is 0. The molecule has 2 N–H and O–H groups in total. The van der Waals surface area contributed by atoms with Crippen molar-refractivity contribution in [1.82, 2.24) is 15.2 Å². The van der Waals surface area contributed by atoms with Gasteiger partial charge in [0.25, 0.3) is 0 Å². The van der Waals surface area contributed by atoms with Gasteiger partial charge in [0, 0.05) is 39.2 Å². The Morgan fingerprint density at radius 2 is 1.84 bits per heavy atom. The number of methoxy groups -OCH3 is 1. The van der Waals surface area contributed by atoms with E-state index < -0.39 is 0 Å². The van der Waals surface area contributed by atoms with Gasteiger partial charge in [-0.25, -0.2) is 9.37 Å². The Morgan fingerprint density at radius 1 is 1.10 bits per heavy atom. The molecule has 0 radical (unpaired) electrons. The van der Waals surface area contributed by atoms with Crippen molar-refractivity contribution in [2.45, 2.75) is 26.3 Å². The van der Waals surface area contributed by atoms with Gasteiger partial charge in [-0.1, -0.05) is 12.1 Å². The van der Waals surface area contributed by atoms with Crippen LogP contribution in [0.4, 0.5) is 10.2 Å². The number of carbonyl (C=O) groups is 3. The molecule has 0 atom stereocenters. The summed E-state index contributed by atoms with van der Waals surface area (Å²) in [4.78, 5) is 42.3. The number of ether oxygens (including phenoxy) is 1. The second-order valence-electron chi connectivity index (χ2n) is 6.98. The number of halogens is 1. The Kier molecular flexibility index (Phi) is 9.57. The topological polar surface area (TPSA) is 101 Å². The van der Waals surface area contributed by atoms with E-state index in [1.54, 1.807) is 24.4 Å². The van der Waals surface area contributed by atoms with Gasteiger partial charge >= 0.3 is 0 Å². The van der Waals surface area contributed by atoms with E-state index >= 15 is 0 Å². The van der Waals surface area contributed by atoms with Gasteiger partial charge in [0.1, 0.15) is 11.6 Å². The van der Waals surface area contributed by atoms with Crippen LogP contribution in [-0.2, 0) is 25.7 Å². The molecule has 0 aliphatic carbocycles. The third kappa shape index (κ3) is 8.91. The number of benzene rings is 1. The van der Waals surface area contributed by atoms with Gasteiger partial charge in [-0.3, -0.25) is 14.4 Å². The van der Waals surface area contributed by atoms with E-state index in [0.29, 0.717) is 5.82 Å². The average Bonchev–Trinajstić information content (AvgIpc) is 2.74. The molecule has 9 heteroatoms. The SMILES string of the molecule is COCCN(CC(=O)NCc1ccc(F)cc1)C(=O)CCC(=O)Nc1cc(C)ccn1. The predicted molar refractivity (Wildman–Crippen MR) is 114 cm³/mol. The van der Waals surface area contributed by atoms with Gasteiger partial charge in [-0.2, -0.15) is 0 Å². The fourth-order valence-electron chi connectivity index (χ4n) is 2.71. The lowest BCUT2D eigenvalue weighted by Crippen LogP contribution is -2.42. The van der Waals surface area contributed by atoms with Crippen LogP contribution in [0.25, 0.3) is 0 Å². The molecule has 1 aromatic heterocycles. The smallest absolute Gasteiger partial charge is 0.239 e. The van der Waals surface area contributed by atoms with Crippen LogP contribution in [0.15, 0.2) is 42.6 Å². The van der Waals surface area contributed by atoms with Crippen LogP contribution in [0.3, 0.4) is 0 Å². The van der Waals surface area contributed by atoms with Crippen molar-refractivity contribution in [2.75, 3.05) is 32.1 Å². The number of hydrogen-bond donors (Lipinski definition) is 2. The summed E-state index contributed by atoms with van der Waals surface area (Å²) in [6.07, 6.45) is 1.51. The van der Waals surface area contributed by atoms with Gasteiger partial charge in [-0.05, 0) is 42.3 Å². The molecule has 166 valence electrons. The summed E-state index contributed by atoms with van der Waals surface area (Å²) in [5.41, 5.74) is 1.70. The summed E-state index contributed by atoms with van der Waals surface area (Å²) < 4.78 is 18.0. The minimum absolute atomic E-state index is 0.0326. The zero-order valence-electron chi connectivity index (χ0n) is 17.7. The highest BCUT2D eigenvalue weighted by molar-refractivity contribution is 5.93. The maximum atomic E-state index is 13.0. The molecule has 0 fully saturated rings. The number of nitrogens with one attached hydrogen (secondary N) is 2. The van der Waals surface area contributed by atoms with Crippen LogP contribution in [0, 0.1) is 12.7 Å². The lowest BCUT2D eigenvalue weighted by atomic mass is 10.2.